The van der Waals surface area contributed by atoms with Crippen LogP contribution in [-0.4, -0.2) is 38.0 Å². The Morgan fingerprint density at radius 1 is 1.23 bits per heavy atom. The zero-order valence-corrected chi connectivity index (χ0v) is 14.2. The molecule has 0 aliphatic heterocycles. The van der Waals surface area contributed by atoms with Gasteiger partial charge in [-0.2, -0.15) is 0 Å². The monoisotopic (exact) mass is 308 g/mol. The van der Waals surface area contributed by atoms with Crippen molar-refractivity contribution in [1.82, 2.24) is 10.6 Å². The number of amides is 1. The number of nitrogens with one attached hydrogen (secondary N) is 2. The van der Waals surface area contributed by atoms with Crippen LogP contribution in [0.1, 0.15) is 39.3 Å². The number of alkyl carbamates (subject to hydrolysis) is 1. The van der Waals surface area contributed by atoms with Crippen molar-refractivity contribution in [3.63, 3.8) is 0 Å². The standard InChI is InChI=1S/C17H28N2O3/c1-13(19-16(20)22-17(2,3)4)11-18-15(12-21-5)14-9-7-6-8-10-14/h6-10,13,15,18H,11-12H2,1-5H3,(H,19,20). The van der Waals surface area contributed by atoms with E-state index in [9.17, 15) is 4.79 Å². The highest BCUT2D eigenvalue weighted by Crippen LogP contribution is 2.12. The van der Waals surface area contributed by atoms with Gasteiger partial charge in [-0.1, -0.05) is 30.3 Å². The van der Waals surface area contributed by atoms with Gasteiger partial charge in [0.2, 0.25) is 0 Å². The van der Waals surface area contributed by atoms with Gasteiger partial charge in [0.15, 0.2) is 0 Å². The molecule has 0 heterocycles. The van der Waals surface area contributed by atoms with Gasteiger partial charge in [0.1, 0.15) is 5.60 Å². The Balaban J connectivity index is 2.46. The fraction of sp³-hybridized carbons (Fsp3) is 0.588. The molecule has 2 unspecified atom stereocenters. The van der Waals surface area contributed by atoms with Crippen LogP contribution in [-0.2, 0) is 9.47 Å². The highest BCUT2D eigenvalue weighted by atomic mass is 16.6. The number of carbonyl (C=O) groups is 1. The van der Waals surface area contributed by atoms with E-state index in [-0.39, 0.29) is 12.1 Å². The average molecular weight is 308 g/mol. The lowest BCUT2D eigenvalue weighted by molar-refractivity contribution is 0.0506. The van der Waals surface area contributed by atoms with E-state index < -0.39 is 11.7 Å². The summed E-state index contributed by atoms with van der Waals surface area (Å²) in [4.78, 5) is 11.7. The molecule has 0 saturated carbocycles. The molecule has 0 bridgehead atoms. The largest absolute Gasteiger partial charge is 0.444 e. The summed E-state index contributed by atoms with van der Waals surface area (Å²) < 4.78 is 10.5. The summed E-state index contributed by atoms with van der Waals surface area (Å²) in [7, 11) is 1.68. The van der Waals surface area contributed by atoms with E-state index in [0.717, 1.165) is 5.56 Å². The number of hydrogen-bond acceptors (Lipinski definition) is 4. The first kappa shape index (κ1) is 18.5. The Labute approximate surface area is 133 Å². The quantitative estimate of drug-likeness (QED) is 0.813. The molecular formula is C17H28N2O3. The van der Waals surface area contributed by atoms with Gasteiger partial charge in [-0.15, -0.1) is 0 Å². The molecule has 0 saturated heterocycles. The third kappa shape index (κ3) is 7.43. The Bertz CT molecular complexity index is 443. The van der Waals surface area contributed by atoms with Crippen molar-refractivity contribution in [2.75, 3.05) is 20.3 Å². The zero-order chi connectivity index (χ0) is 16.6. The first-order valence-corrected chi connectivity index (χ1v) is 7.58. The maximum atomic E-state index is 11.7. The Hall–Kier alpha value is -1.59. The van der Waals surface area contributed by atoms with Crippen molar-refractivity contribution >= 4 is 6.09 Å². The fourth-order valence-corrected chi connectivity index (χ4v) is 2.00. The van der Waals surface area contributed by atoms with Crippen LogP contribution < -0.4 is 10.6 Å². The molecular weight excluding hydrogens is 280 g/mol. The van der Waals surface area contributed by atoms with Gasteiger partial charge in [-0.25, -0.2) is 4.79 Å². The highest BCUT2D eigenvalue weighted by Gasteiger charge is 2.18. The SMILES string of the molecule is COCC(NCC(C)NC(=O)OC(C)(C)C)c1ccccc1. The first-order chi connectivity index (χ1) is 10.3. The predicted molar refractivity (Wildman–Crippen MR) is 87.9 cm³/mol. The van der Waals surface area contributed by atoms with E-state index in [1.165, 1.54) is 0 Å². The van der Waals surface area contributed by atoms with Crippen molar-refractivity contribution in [2.45, 2.75) is 45.4 Å². The van der Waals surface area contributed by atoms with Gasteiger partial charge in [-0.05, 0) is 33.3 Å². The van der Waals surface area contributed by atoms with E-state index in [1.807, 2.05) is 45.9 Å². The number of ether oxygens (including phenoxy) is 2. The number of carbonyl (C=O) groups excluding carboxylic acids is 1. The van der Waals surface area contributed by atoms with Crippen molar-refractivity contribution in [1.29, 1.82) is 0 Å². The van der Waals surface area contributed by atoms with Crippen LogP contribution in [0.2, 0.25) is 0 Å². The van der Waals surface area contributed by atoms with E-state index in [0.29, 0.717) is 13.2 Å². The molecule has 2 atom stereocenters. The fourth-order valence-electron chi connectivity index (χ4n) is 2.00. The maximum Gasteiger partial charge on any atom is 0.407 e. The molecule has 124 valence electrons. The summed E-state index contributed by atoms with van der Waals surface area (Å²) in [5.41, 5.74) is 0.675. The molecule has 0 aliphatic rings. The molecule has 1 aromatic rings. The number of rotatable bonds is 7. The van der Waals surface area contributed by atoms with Crippen LogP contribution in [0.15, 0.2) is 30.3 Å². The van der Waals surface area contributed by atoms with Crippen LogP contribution in [0.5, 0.6) is 0 Å². The lowest BCUT2D eigenvalue weighted by Crippen LogP contribution is -2.43. The van der Waals surface area contributed by atoms with E-state index in [1.54, 1.807) is 7.11 Å². The van der Waals surface area contributed by atoms with Gasteiger partial charge < -0.3 is 20.1 Å². The van der Waals surface area contributed by atoms with Crippen molar-refractivity contribution in [2.24, 2.45) is 0 Å². The van der Waals surface area contributed by atoms with Crippen molar-refractivity contribution < 1.29 is 14.3 Å². The van der Waals surface area contributed by atoms with Crippen LogP contribution >= 0.6 is 0 Å². The summed E-state index contributed by atoms with van der Waals surface area (Å²) in [5, 5.41) is 6.23. The number of hydrogen-bond donors (Lipinski definition) is 2. The second-order valence-electron chi connectivity index (χ2n) is 6.37. The molecule has 0 aliphatic carbocycles. The smallest absolute Gasteiger partial charge is 0.407 e. The van der Waals surface area contributed by atoms with Crippen molar-refractivity contribution in [3.8, 4) is 0 Å². The number of benzene rings is 1. The minimum Gasteiger partial charge on any atom is -0.444 e. The lowest BCUT2D eigenvalue weighted by atomic mass is 10.1. The van der Waals surface area contributed by atoms with E-state index >= 15 is 0 Å². The second-order valence-corrected chi connectivity index (χ2v) is 6.37. The van der Waals surface area contributed by atoms with Crippen LogP contribution in [0.3, 0.4) is 0 Å². The molecule has 1 rings (SSSR count). The second kappa shape index (κ2) is 8.76. The molecule has 2 N–H and O–H groups in total. The minimum atomic E-state index is -0.486. The Kier molecular flexibility index (Phi) is 7.35. The summed E-state index contributed by atoms with van der Waals surface area (Å²) >= 11 is 0. The highest BCUT2D eigenvalue weighted by molar-refractivity contribution is 5.68. The molecule has 0 spiro atoms. The third-order valence-electron chi connectivity index (χ3n) is 2.97. The molecule has 1 aromatic carbocycles. The maximum absolute atomic E-state index is 11.7. The molecule has 0 radical (unpaired) electrons. The topological polar surface area (TPSA) is 59.6 Å². The van der Waals surface area contributed by atoms with Gasteiger partial charge in [0, 0.05) is 19.7 Å². The van der Waals surface area contributed by atoms with Crippen LogP contribution in [0.4, 0.5) is 4.79 Å². The average Bonchev–Trinajstić information content (AvgIpc) is 2.42. The van der Waals surface area contributed by atoms with Gasteiger partial charge in [0.05, 0.1) is 12.6 Å². The van der Waals surface area contributed by atoms with E-state index in [2.05, 4.69) is 22.8 Å². The number of methoxy groups -OCH3 is 1. The molecule has 5 heteroatoms. The first-order valence-electron chi connectivity index (χ1n) is 7.58. The molecule has 0 fully saturated rings. The summed E-state index contributed by atoms with van der Waals surface area (Å²) in [5.74, 6) is 0. The Morgan fingerprint density at radius 3 is 2.41 bits per heavy atom. The molecule has 0 aromatic heterocycles. The summed E-state index contributed by atoms with van der Waals surface area (Å²) in [6.45, 7) is 8.68. The Morgan fingerprint density at radius 2 is 1.86 bits per heavy atom. The third-order valence-corrected chi connectivity index (χ3v) is 2.97. The molecule has 22 heavy (non-hydrogen) atoms. The molecule has 5 nitrogen and oxygen atoms in total. The van der Waals surface area contributed by atoms with E-state index in [4.69, 9.17) is 9.47 Å². The molecule has 1 amide bonds. The van der Waals surface area contributed by atoms with Crippen LogP contribution in [0.25, 0.3) is 0 Å². The summed E-state index contributed by atoms with van der Waals surface area (Å²) in [6.07, 6.45) is -0.398. The van der Waals surface area contributed by atoms with Gasteiger partial charge in [-0.3, -0.25) is 0 Å². The van der Waals surface area contributed by atoms with Crippen LogP contribution in [0, 0.1) is 0 Å². The van der Waals surface area contributed by atoms with Crippen molar-refractivity contribution in [3.05, 3.63) is 35.9 Å². The predicted octanol–water partition coefficient (Wildman–Crippen LogP) is 2.88. The normalized spacial score (nSPS) is 14.2. The lowest BCUT2D eigenvalue weighted by Gasteiger charge is -2.24. The zero-order valence-electron chi connectivity index (χ0n) is 14.2. The van der Waals surface area contributed by atoms with Gasteiger partial charge >= 0.3 is 6.09 Å². The summed E-state index contributed by atoms with van der Waals surface area (Å²) in [6, 6.07) is 10.2. The minimum absolute atomic E-state index is 0.0436. The van der Waals surface area contributed by atoms with Gasteiger partial charge in [0.25, 0.3) is 0 Å².